The molecule has 0 spiro atoms. The van der Waals surface area contributed by atoms with Crippen LogP contribution >= 0.6 is 0 Å². The van der Waals surface area contributed by atoms with Crippen LogP contribution < -0.4 is 20.1 Å². The van der Waals surface area contributed by atoms with Crippen molar-refractivity contribution < 1.29 is 13.9 Å². The SMILES string of the molecule is CCOc1ccccc1CNC(=NC)NCc1cccnc1Oc1cccc(F)c1. The van der Waals surface area contributed by atoms with Crippen molar-refractivity contribution in [2.24, 2.45) is 4.99 Å². The van der Waals surface area contributed by atoms with E-state index in [2.05, 4.69) is 20.6 Å². The van der Waals surface area contributed by atoms with Gasteiger partial charge in [-0.05, 0) is 31.2 Å². The number of para-hydroxylation sites is 1. The zero-order valence-electron chi connectivity index (χ0n) is 17.1. The first-order chi connectivity index (χ1) is 14.7. The van der Waals surface area contributed by atoms with Gasteiger partial charge in [-0.1, -0.05) is 30.3 Å². The van der Waals surface area contributed by atoms with Crippen molar-refractivity contribution in [3.8, 4) is 17.4 Å². The molecule has 0 radical (unpaired) electrons. The lowest BCUT2D eigenvalue weighted by molar-refractivity contribution is 0.336. The molecule has 0 amide bonds. The Morgan fingerprint density at radius 1 is 1.00 bits per heavy atom. The minimum atomic E-state index is -0.361. The zero-order chi connectivity index (χ0) is 21.2. The molecule has 30 heavy (non-hydrogen) atoms. The summed E-state index contributed by atoms with van der Waals surface area (Å²) in [5.74, 6) is 1.92. The molecule has 2 N–H and O–H groups in total. The van der Waals surface area contributed by atoms with E-state index in [1.165, 1.54) is 12.1 Å². The van der Waals surface area contributed by atoms with Crippen LogP contribution in [0.1, 0.15) is 18.1 Å². The zero-order valence-corrected chi connectivity index (χ0v) is 17.1. The molecule has 0 atom stereocenters. The molecule has 0 saturated heterocycles. The molecule has 0 bridgehead atoms. The summed E-state index contributed by atoms with van der Waals surface area (Å²) in [6, 6.07) is 17.6. The molecule has 0 aliphatic carbocycles. The number of ether oxygens (including phenoxy) is 2. The number of aliphatic imine (C=N–C) groups is 1. The topological polar surface area (TPSA) is 67.8 Å². The van der Waals surface area contributed by atoms with Gasteiger partial charge < -0.3 is 20.1 Å². The number of hydrogen-bond acceptors (Lipinski definition) is 4. The van der Waals surface area contributed by atoms with Crippen molar-refractivity contribution in [1.29, 1.82) is 0 Å². The standard InChI is InChI=1S/C23H25FN4O2/c1-3-29-21-12-5-4-8-17(21)15-27-23(25-2)28-16-18-9-7-13-26-22(18)30-20-11-6-10-19(24)14-20/h4-14H,3,15-16H2,1-2H3,(H2,25,27,28). The van der Waals surface area contributed by atoms with E-state index in [1.807, 2.05) is 43.3 Å². The third-order valence-electron chi connectivity index (χ3n) is 4.25. The van der Waals surface area contributed by atoms with Crippen molar-refractivity contribution in [1.82, 2.24) is 15.6 Å². The average Bonchev–Trinajstić information content (AvgIpc) is 2.76. The summed E-state index contributed by atoms with van der Waals surface area (Å²) in [6.07, 6.45) is 1.63. The van der Waals surface area contributed by atoms with E-state index in [0.717, 1.165) is 16.9 Å². The van der Waals surface area contributed by atoms with Gasteiger partial charge in [0.1, 0.15) is 17.3 Å². The van der Waals surface area contributed by atoms with Crippen molar-refractivity contribution in [2.45, 2.75) is 20.0 Å². The van der Waals surface area contributed by atoms with Crippen LogP contribution in [-0.4, -0.2) is 24.6 Å². The summed E-state index contributed by atoms with van der Waals surface area (Å²) in [6.45, 7) is 3.57. The number of halogens is 1. The van der Waals surface area contributed by atoms with E-state index in [4.69, 9.17) is 9.47 Å². The number of rotatable bonds is 8. The number of benzene rings is 2. The third kappa shape index (κ3) is 5.94. The molecular weight excluding hydrogens is 383 g/mol. The summed E-state index contributed by atoms with van der Waals surface area (Å²) in [5.41, 5.74) is 1.86. The summed E-state index contributed by atoms with van der Waals surface area (Å²) in [5, 5.41) is 6.53. The lowest BCUT2D eigenvalue weighted by Crippen LogP contribution is -2.36. The molecule has 3 rings (SSSR count). The molecule has 1 heterocycles. The van der Waals surface area contributed by atoms with Crippen LogP contribution in [0.25, 0.3) is 0 Å². The molecule has 0 saturated carbocycles. The highest BCUT2D eigenvalue weighted by Gasteiger charge is 2.09. The summed E-state index contributed by atoms with van der Waals surface area (Å²) in [4.78, 5) is 8.53. The minimum absolute atomic E-state index is 0.361. The second-order valence-electron chi connectivity index (χ2n) is 6.35. The van der Waals surface area contributed by atoms with Crippen LogP contribution in [0.5, 0.6) is 17.4 Å². The Morgan fingerprint density at radius 3 is 2.53 bits per heavy atom. The molecular formula is C23H25FN4O2. The molecule has 2 aromatic carbocycles. The lowest BCUT2D eigenvalue weighted by Gasteiger charge is -2.15. The second kappa shape index (κ2) is 10.8. The van der Waals surface area contributed by atoms with Crippen molar-refractivity contribution >= 4 is 5.96 Å². The maximum atomic E-state index is 13.4. The van der Waals surface area contributed by atoms with Crippen LogP contribution in [0.3, 0.4) is 0 Å². The second-order valence-corrected chi connectivity index (χ2v) is 6.35. The van der Waals surface area contributed by atoms with Gasteiger partial charge >= 0.3 is 0 Å². The molecule has 0 fully saturated rings. The Balaban J connectivity index is 1.62. The van der Waals surface area contributed by atoms with E-state index >= 15 is 0 Å². The fourth-order valence-electron chi connectivity index (χ4n) is 2.82. The summed E-state index contributed by atoms with van der Waals surface area (Å²) < 4.78 is 24.8. The van der Waals surface area contributed by atoms with Gasteiger partial charge in [-0.15, -0.1) is 0 Å². The maximum absolute atomic E-state index is 13.4. The van der Waals surface area contributed by atoms with Gasteiger partial charge in [0, 0.05) is 43.5 Å². The van der Waals surface area contributed by atoms with Gasteiger partial charge in [0.2, 0.25) is 5.88 Å². The predicted octanol–water partition coefficient (Wildman–Crippen LogP) is 4.28. The van der Waals surface area contributed by atoms with Crippen LogP contribution in [-0.2, 0) is 13.1 Å². The lowest BCUT2D eigenvalue weighted by atomic mass is 10.2. The van der Waals surface area contributed by atoms with Crippen LogP contribution in [0, 0.1) is 5.82 Å². The molecule has 7 heteroatoms. The van der Waals surface area contributed by atoms with Crippen LogP contribution in [0.4, 0.5) is 4.39 Å². The minimum Gasteiger partial charge on any atom is -0.494 e. The molecule has 0 aliphatic rings. The first-order valence-corrected chi connectivity index (χ1v) is 9.72. The Kier molecular flexibility index (Phi) is 7.60. The molecule has 0 aliphatic heterocycles. The van der Waals surface area contributed by atoms with Crippen molar-refractivity contribution in [2.75, 3.05) is 13.7 Å². The summed E-state index contributed by atoms with van der Waals surface area (Å²) in [7, 11) is 1.71. The van der Waals surface area contributed by atoms with E-state index < -0.39 is 0 Å². The van der Waals surface area contributed by atoms with E-state index in [0.29, 0.717) is 37.3 Å². The first-order valence-electron chi connectivity index (χ1n) is 9.72. The largest absolute Gasteiger partial charge is 0.494 e. The number of nitrogens with one attached hydrogen (secondary N) is 2. The Morgan fingerprint density at radius 2 is 1.77 bits per heavy atom. The van der Waals surface area contributed by atoms with Crippen LogP contribution in [0.2, 0.25) is 0 Å². The Bertz CT molecular complexity index is 994. The normalized spacial score (nSPS) is 11.1. The van der Waals surface area contributed by atoms with Gasteiger partial charge in [-0.25, -0.2) is 9.37 Å². The highest BCUT2D eigenvalue weighted by atomic mass is 19.1. The fraction of sp³-hybridized carbons (Fsp3) is 0.217. The quantitative estimate of drug-likeness (QED) is 0.430. The van der Waals surface area contributed by atoms with Gasteiger partial charge in [0.15, 0.2) is 5.96 Å². The molecule has 1 aromatic heterocycles. The van der Waals surface area contributed by atoms with Crippen molar-refractivity contribution in [3.05, 3.63) is 83.8 Å². The highest BCUT2D eigenvalue weighted by Crippen LogP contribution is 2.23. The number of guanidine groups is 1. The third-order valence-corrected chi connectivity index (χ3v) is 4.25. The van der Waals surface area contributed by atoms with E-state index in [9.17, 15) is 4.39 Å². The first kappa shape index (κ1) is 21.1. The monoisotopic (exact) mass is 408 g/mol. The molecule has 0 unspecified atom stereocenters. The molecule has 156 valence electrons. The van der Waals surface area contributed by atoms with Crippen LogP contribution in [0.15, 0.2) is 71.9 Å². The van der Waals surface area contributed by atoms with Gasteiger partial charge in [0.25, 0.3) is 0 Å². The van der Waals surface area contributed by atoms with E-state index in [1.54, 1.807) is 25.4 Å². The predicted molar refractivity (Wildman–Crippen MR) is 115 cm³/mol. The fourth-order valence-corrected chi connectivity index (χ4v) is 2.82. The summed E-state index contributed by atoms with van der Waals surface area (Å²) >= 11 is 0. The van der Waals surface area contributed by atoms with Gasteiger partial charge in [-0.2, -0.15) is 0 Å². The number of nitrogens with zero attached hydrogens (tertiary/aromatic N) is 2. The smallest absolute Gasteiger partial charge is 0.224 e. The number of pyridine rings is 1. The Labute approximate surface area is 175 Å². The molecule has 3 aromatic rings. The average molecular weight is 408 g/mol. The Hall–Kier alpha value is -3.61. The highest BCUT2D eigenvalue weighted by molar-refractivity contribution is 5.79. The van der Waals surface area contributed by atoms with Gasteiger partial charge in [-0.3, -0.25) is 4.99 Å². The number of aromatic nitrogens is 1. The number of hydrogen-bond donors (Lipinski definition) is 2. The van der Waals surface area contributed by atoms with Gasteiger partial charge in [0.05, 0.1) is 6.61 Å². The van der Waals surface area contributed by atoms with Crippen molar-refractivity contribution in [3.63, 3.8) is 0 Å². The maximum Gasteiger partial charge on any atom is 0.224 e. The van der Waals surface area contributed by atoms with E-state index in [-0.39, 0.29) is 5.82 Å². The molecule has 6 nitrogen and oxygen atoms in total.